The average molecular weight is 305 g/mol. The lowest BCUT2D eigenvalue weighted by Crippen LogP contribution is -2.32. The lowest BCUT2D eigenvalue weighted by atomic mass is 10.1. The van der Waals surface area contributed by atoms with Gasteiger partial charge in [-0.05, 0) is 31.4 Å². The van der Waals surface area contributed by atoms with E-state index >= 15 is 0 Å². The van der Waals surface area contributed by atoms with Crippen molar-refractivity contribution >= 4 is 5.82 Å². The fourth-order valence-corrected chi connectivity index (χ4v) is 3.06. The molecule has 0 radical (unpaired) electrons. The molecule has 1 saturated heterocycles. The van der Waals surface area contributed by atoms with Crippen LogP contribution < -0.4 is 4.90 Å². The highest BCUT2D eigenvalue weighted by atomic mass is 19.1. The number of nitrogens with zero attached hydrogens (tertiary/aromatic N) is 3. The van der Waals surface area contributed by atoms with Crippen LogP contribution in [0.3, 0.4) is 0 Å². The predicted molar refractivity (Wildman–Crippen MR) is 80.0 cm³/mol. The molecule has 0 aromatic carbocycles. The largest absolute Gasteiger partial charge is 0.467 e. The SMILES string of the molecule is CCc1ncnc(N2CCC[C@@H]2C[C@H](O)c2ccco2)c1F. The third-order valence-corrected chi connectivity index (χ3v) is 4.19. The van der Waals surface area contributed by atoms with Crippen LogP contribution in [0.25, 0.3) is 0 Å². The molecule has 0 aliphatic carbocycles. The van der Waals surface area contributed by atoms with Crippen LogP contribution in [-0.4, -0.2) is 27.7 Å². The zero-order chi connectivity index (χ0) is 15.5. The molecule has 2 aromatic heterocycles. The number of aliphatic hydroxyl groups is 1. The zero-order valence-corrected chi connectivity index (χ0v) is 12.6. The second kappa shape index (κ2) is 6.44. The smallest absolute Gasteiger partial charge is 0.187 e. The van der Waals surface area contributed by atoms with Crippen LogP contribution in [0.1, 0.15) is 43.7 Å². The van der Waals surface area contributed by atoms with Crippen LogP contribution in [0.15, 0.2) is 29.1 Å². The van der Waals surface area contributed by atoms with Gasteiger partial charge in [-0.1, -0.05) is 6.92 Å². The van der Waals surface area contributed by atoms with Crippen molar-refractivity contribution in [3.63, 3.8) is 0 Å². The van der Waals surface area contributed by atoms with Crippen molar-refractivity contribution < 1.29 is 13.9 Å². The molecule has 1 aliphatic heterocycles. The summed E-state index contributed by atoms with van der Waals surface area (Å²) in [5.74, 6) is 0.551. The van der Waals surface area contributed by atoms with Crippen molar-refractivity contribution in [2.45, 2.75) is 44.8 Å². The van der Waals surface area contributed by atoms with Gasteiger partial charge in [-0.15, -0.1) is 0 Å². The maximum atomic E-state index is 14.5. The minimum absolute atomic E-state index is 0.0502. The number of hydrogen-bond acceptors (Lipinski definition) is 5. The van der Waals surface area contributed by atoms with Crippen LogP contribution in [0.5, 0.6) is 0 Å². The number of halogens is 1. The van der Waals surface area contributed by atoms with Crippen LogP contribution >= 0.6 is 0 Å². The molecule has 0 saturated carbocycles. The Morgan fingerprint density at radius 3 is 3.09 bits per heavy atom. The molecule has 6 heteroatoms. The first kappa shape index (κ1) is 15.0. The van der Waals surface area contributed by atoms with Gasteiger partial charge in [0.2, 0.25) is 0 Å². The first-order chi connectivity index (χ1) is 10.7. The van der Waals surface area contributed by atoms with Crippen molar-refractivity contribution in [1.29, 1.82) is 0 Å². The molecular weight excluding hydrogens is 285 g/mol. The number of aliphatic hydroxyl groups excluding tert-OH is 1. The summed E-state index contributed by atoms with van der Waals surface area (Å²) in [7, 11) is 0. The molecule has 1 N–H and O–H groups in total. The molecule has 0 spiro atoms. The topological polar surface area (TPSA) is 62.4 Å². The molecule has 118 valence electrons. The van der Waals surface area contributed by atoms with Crippen molar-refractivity contribution in [2.24, 2.45) is 0 Å². The van der Waals surface area contributed by atoms with Gasteiger partial charge in [0.1, 0.15) is 18.2 Å². The second-order valence-electron chi connectivity index (χ2n) is 5.57. The third kappa shape index (κ3) is 2.83. The normalized spacial score (nSPS) is 19.6. The summed E-state index contributed by atoms with van der Waals surface area (Å²) in [6.45, 7) is 2.62. The van der Waals surface area contributed by atoms with Crippen LogP contribution in [0.2, 0.25) is 0 Å². The van der Waals surface area contributed by atoms with Gasteiger partial charge in [-0.2, -0.15) is 0 Å². The predicted octanol–water partition coefficient (Wildman–Crippen LogP) is 2.86. The van der Waals surface area contributed by atoms with Gasteiger partial charge in [-0.25, -0.2) is 14.4 Å². The van der Waals surface area contributed by atoms with Gasteiger partial charge in [0.15, 0.2) is 11.6 Å². The first-order valence-corrected chi connectivity index (χ1v) is 7.68. The highest BCUT2D eigenvalue weighted by Crippen LogP contribution is 2.32. The zero-order valence-electron chi connectivity index (χ0n) is 12.6. The Morgan fingerprint density at radius 2 is 2.36 bits per heavy atom. The van der Waals surface area contributed by atoms with E-state index in [1.807, 2.05) is 11.8 Å². The standard InChI is InChI=1S/C16H20FN3O2/c1-2-12-15(17)16(19-10-18-12)20-7-3-5-11(20)9-13(21)14-6-4-8-22-14/h4,6,8,10-11,13,21H,2-3,5,7,9H2,1H3/t11-,13+/m1/s1. The number of anilines is 1. The van der Waals surface area contributed by atoms with E-state index in [1.165, 1.54) is 6.33 Å². The summed E-state index contributed by atoms with van der Waals surface area (Å²) < 4.78 is 19.7. The number of hydrogen-bond donors (Lipinski definition) is 1. The maximum absolute atomic E-state index is 14.5. The monoisotopic (exact) mass is 305 g/mol. The molecule has 3 heterocycles. The number of rotatable bonds is 5. The molecule has 3 rings (SSSR count). The van der Waals surface area contributed by atoms with Gasteiger partial charge >= 0.3 is 0 Å². The molecule has 2 aromatic rings. The van der Waals surface area contributed by atoms with E-state index < -0.39 is 6.10 Å². The molecule has 22 heavy (non-hydrogen) atoms. The van der Waals surface area contributed by atoms with E-state index in [-0.39, 0.29) is 11.9 Å². The van der Waals surface area contributed by atoms with E-state index in [1.54, 1.807) is 18.4 Å². The summed E-state index contributed by atoms with van der Waals surface area (Å²) in [4.78, 5) is 10.0. The Kier molecular flexibility index (Phi) is 4.38. The van der Waals surface area contributed by atoms with Crippen LogP contribution in [0, 0.1) is 5.82 Å². The maximum Gasteiger partial charge on any atom is 0.187 e. The van der Waals surface area contributed by atoms with Gasteiger partial charge < -0.3 is 14.4 Å². The molecule has 2 atom stereocenters. The van der Waals surface area contributed by atoms with Gasteiger partial charge in [0, 0.05) is 19.0 Å². The summed E-state index contributed by atoms with van der Waals surface area (Å²) >= 11 is 0. The molecule has 1 fully saturated rings. The second-order valence-corrected chi connectivity index (χ2v) is 5.57. The van der Waals surface area contributed by atoms with Crippen molar-refractivity contribution in [3.05, 3.63) is 42.0 Å². The summed E-state index contributed by atoms with van der Waals surface area (Å²) in [6.07, 6.45) is 5.17. The number of furan rings is 1. The average Bonchev–Trinajstić information content (AvgIpc) is 3.19. The van der Waals surface area contributed by atoms with Gasteiger partial charge in [0.05, 0.1) is 12.0 Å². The molecule has 0 bridgehead atoms. The fourth-order valence-electron chi connectivity index (χ4n) is 3.06. The van der Waals surface area contributed by atoms with Crippen LogP contribution in [0.4, 0.5) is 10.2 Å². The minimum atomic E-state index is -0.684. The fraction of sp³-hybridized carbons (Fsp3) is 0.500. The van der Waals surface area contributed by atoms with E-state index in [4.69, 9.17) is 4.42 Å². The van der Waals surface area contributed by atoms with E-state index in [0.29, 0.717) is 30.1 Å². The van der Waals surface area contributed by atoms with E-state index in [0.717, 1.165) is 19.4 Å². The molecule has 5 nitrogen and oxygen atoms in total. The minimum Gasteiger partial charge on any atom is -0.467 e. The quantitative estimate of drug-likeness (QED) is 0.920. The highest BCUT2D eigenvalue weighted by Gasteiger charge is 2.31. The van der Waals surface area contributed by atoms with Crippen LogP contribution in [-0.2, 0) is 6.42 Å². The van der Waals surface area contributed by atoms with E-state index in [9.17, 15) is 9.50 Å². The Hall–Kier alpha value is -1.95. The Morgan fingerprint density at radius 1 is 1.50 bits per heavy atom. The summed E-state index contributed by atoms with van der Waals surface area (Å²) in [6, 6.07) is 3.56. The van der Waals surface area contributed by atoms with Gasteiger partial charge in [-0.3, -0.25) is 0 Å². The number of aryl methyl sites for hydroxylation is 1. The van der Waals surface area contributed by atoms with Crippen molar-refractivity contribution in [3.8, 4) is 0 Å². The third-order valence-electron chi connectivity index (χ3n) is 4.19. The number of aromatic nitrogens is 2. The van der Waals surface area contributed by atoms with Crippen molar-refractivity contribution in [2.75, 3.05) is 11.4 Å². The first-order valence-electron chi connectivity index (χ1n) is 7.68. The Bertz CT molecular complexity index is 618. The van der Waals surface area contributed by atoms with E-state index in [2.05, 4.69) is 9.97 Å². The van der Waals surface area contributed by atoms with Gasteiger partial charge in [0.25, 0.3) is 0 Å². The molecule has 1 aliphatic rings. The Balaban J connectivity index is 1.79. The summed E-state index contributed by atoms with van der Waals surface area (Å²) in [5, 5.41) is 10.3. The molecular formula is C16H20FN3O2. The highest BCUT2D eigenvalue weighted by molar-refractivity contribution is 5.43. The Labute approximate surface area is 128 Å². The van der Waals surface area contributed by atoms with Crippen molar-refractivity contribution in [1.82, 2.24) is 9.97 Å². The molecule has 0 unspecified atom stereocenters. The lowest BCUT2D eigenvalue weighted by Gasteiger charge is -2.27. The summed E-state index contributed by atoms with van der Waals surface area (Å²) in [5.41, 5.74) is 0.433. The lowest BCUT2D eigenvalue weighted by molar-refractivity contribution is 0.132. The molecule has 0 amide bonds.